The largest absolute Gasteiger partial charge is 0.334 e. The summed E-state index contributed by atoms with van der Waals surface area (Å²) in [4.78, 5) is 13.7. The molecule has 1 fully saturated rings. The highest BCUT2D eigenvalue weighted by molar-refractivity contribution is 7.88. The van der Waals surface area contributed by atoms with E-state index >= 15 is 0 Å². The van der Waals surface area contributed by atoms with Crippen LogP contribution in [-0.2, 0) is 16.6 Å². The van der Waals surface area contributed by atoms with Gasteiger partial charge in [0.15, 0.2) is 0 Å². The van der Waals surface area contributed by atoms with Crippen molar-refractivity contribution in [2.45, 2.75) is 13.0 Å². The molecule has 1 aliphatic heterocycles. The highest BCUT2D eigenvalue weighted by Crippen LogP contribution is 2.08. The second kappa shape index (κ2) is 7.06. The average Bonchev–Trinajstić information content (AvgIpc) is 2.70. The molecule has 0 unspecified atom stereocenters. The van der Waals surface area contributed by atoms with Gasteiger partial charge in [0.05, 0.1) is 6.26 Å². The first kappa shape index (κ1) is 16.7. The van der Waals surface area contributed by atoms with Crippen LogP contribution in [0.1, 0.15) is 12.0 Å². The Kier molecular flexibility index (Phi) is 5.36. The summed E-state index contributed by atoms with van der Waals surface area (Å²) in [6, 6.07) is 5.78. The molecule has 22 heavy (non-hydrogen) atoms. The average molecular weight is 329 g/mol. The number of sulfonamides is 1. The normalized spacial score (nSPS) is 17.1. The van der Waals surface area contributed by atoms with Gasteiger partial charge in [-0.25, -0.2) is 21.9 Å². The second-order valence-corrected chi connectivity index (χ2v) is 7.27. The molecule has 8 heteroatoms. The highest BCUT2D eigenvalue weighted by Gasteiger charge is 2.23. The Morgan fingerprint density at radius 2 is 2.05 bits per heavy atom. The van der Waals surface area contributed by atoms with E-state index in [9.17, 15) is 17.6 Å². The third-order valence-electron chi connectivity index (χ3n) is 3.54. The van der Waals surface area contributed by atoms with Crippen LogP contribution in [0.5, 0.6) is 0 Å². The number of hydrogen-bond acceptors (Lipinski definition) is 3. The van der Waals surface area contributed by atoms with E-state index in [0.717, 1.165) is 0 Å². The predicted octanol–water partition coefficient (Wildman–Crippen LogP) is 1.00. The van der Waals surface area contributed by atoms with Crippen LogP contribution in [0.15, 0.2) is 24.3 Å². The van der Waals surface area contributed by atoms with E-state index < -0.39 is 10.0 Å². The Balaban J connectivity index is 1.88. The zero-order valence-corrected chi connectivity index (χ0v) is 13.3. The molecule has 2 amide bonds. The SMILES string of the molecule is CS(=O)(=O)N1CCCN(C(=O)NCc2cccc(F)c2)CC1. The molecule has 1 aromatic rings. The Morgan fingerprint density at radius 3 is 2.73 bits per heavy atom. The number of amides is 2. The van der Waals surface area contributed by atoms with E-state index in [1.165, 1.54) is 22.7 Å². The second-order valence-electron chi connectivity index (χ2n) is 5.29. The Labute approximate surface area is 130 Å². The minimum absolute atomic E-state index is 0.239. The van der Waals surface area contributed by atoms with Crippen LogP contribution in [0.2, 0.25) is 0 Å². The molecule has 0 aliphatic carbocycles. The van der Waals surface area contributed by atoms with E-state index in [0.29, 0.717) is 38.2 Å². The van der Waals surface area contributed by atoms with Gasteiger partial charge >= 0.3 is 6.03 Å². The van der Waals surface area contributed by atoms with Crippen molar-refractivity contribution in [3.63, 3.8) is 0 Å². The number of benzene rings is 1. The van der Waals surface area contributed by atoms with Crippen LogP contribution in [0.3, 0.4) is 0 Å². The molecular weight excluding hydrogens is 309 g/mol. The van der Waals surface area contributed by atoms with Crippen molar-refractivity contribution < 1.29 is 17.6 Å². The van der Waals surface area contributed by atoms with Crippen molar-refractivity contribution in [2.75, 3.05) is 32.4 Å². The van der Waals surface area contributed by atoms with Crippen LogP contribution < -0.4 is 5.32 Å². The fourth-order valence-electron chi connectivity index (χ4n) is 2.36. The smallest absolute Gasteiger partial charge is 0.317 e. The van der Waals surface area contributed by atoms with E-state index in [1.807, 2.05) is 0 Å². The molecule has 0 saturated carbocycles. The van der Waals surface area contributed by atoms with E-state index in [-0.39, 0.29) is 18.4 Å². The molecule has 1 heterocycles. The lowest BCUT2D eigenvalue weighted by atomic mass is 10.2. The fourth-order valence-corrected chi connectivity index (χ4v) is 3.24. The van der Waals surface area contributed by atoms with Gasteiger partial charge in [-0.15, -0.1) is 0 Å². The first-order chi connectivity index (χ1) is 10.4. The summed E-state index contributed by atoms with van der Waals surface area (Å²) in [5, 5.41) is 2.73. The Hall–Kier alpha value is -1.67. The van der Waals surface area contributed by atoms with Crippen LogP contribution >= 0.6 is 0 Å². The number of urea groups is 1. The number of hydrogen-bond donors (Lipinski definition) is 1. The van der Waals surface area contributed by atoms with Gasteiger partial charge in [-0.2, -0.15) is 0 Å². The summed E-state index contributed by atoms with van der Waals surface area (Å²) in [5.41, 5.74) is 0.681. The highest BCUT2D eigenvalue weighted by atomic mass is 32.2. The molecule has 0 radical (unpaired) electrons. The first-order valence-corrected chi connectivity index (χ1v) is 8.93. The lowest BCUT2D eigenvalue weighted by Crippen LogP contribution is -2.42. The van der Waals surface area contributed by atoms with Crippen LogP contribution in [0.25, 0.3) is 0 Å². The summed E-state index contributed by atoms with van der Waals surface area (Å²) in [5.74, 6) is -0.342. The topological polar surface area (TPSA) is 69.7 Å². The van der Waals surface area contributed by atoms with Crippen molar-refractivity contribution in [1.29, 1.82) is 0 Å². The van der Waals surface area contributed by atoms with Gasteiger partial charge in [0.1, 0.15) is 5.82 Å². The molecule has 0 aromatic heterocycles. The molecule has 2 rings (SSSR count). The van der Waals surface area contributed by atoms with Crippen LogP contribution in [-0.4, -0.2) is 56.1 Å². The maximum atomic E-state index is 13.1. The standard InChI is InChI=1S/C14H20FN3O3S/c1-22(20,21)18-7-3-6-17(8-9-18)14(19)16-11-12-4-2-5-13(15)10-12/h2,4-5,10H,3,6-9,11H2,1H3,(H,16,19). The Bertz CT molecular complexity index is 636. The van der Waals surface area contributed by atoms with Gasteiger partial charge in [0.2, 0.25) is 10.0 Å². The number of nitrogens with one attached hydrogen (secondary N) is 1. The van der Waals surface area contributed by atoms with Crippen molar-refractivity contribution in [1.82, 2.24) is 14.5 Å². The molecule has 122 valence electrons. The number of halogens is 1. The minimum Gasteiger partial charge on any atom is -0.334 e. The molecule has 1 aromatic carbocycles. The maximum Gasteiger partial charge on any atom is 0.317 e. The van der Waals surface area contributed by atoms with Crippen molar-refractivity contribution in [2.24, 2.45) is 0 Å². The number of carbonyl (C=O) groups excluding carboxylic acids is 1. The molecule has 0 bridgehead atoms. The molecule has 1 saturated heterocycles. The summed E-state index contributed by atoms with van der Waals surface area (Å²) >= 11 is 0. The van der Waals surface area contributed by atoms with Gasteiger partial charge < -0.3 is 10.2 Å². The zero-order valence-electron chi connectivity index (χ0n) is 12.5. The molecule has 1 N–H and O–H groups in total. The summed E-state index contributed by atoms with van der Waals surface area (Å²) in [6.07, 6.45) is 1.77. The van der Waals surface area contributed by atoms with Crippen LogP contribution in [0, 0.1) is 5.82 Å². The minimum atomic E-state index is -3.23. The lowest BCUT2D eigenvalue weighted by molar-refractivity contribution is 0.200. The van der Waals surface area contributed by atoms with Gasteiger partial charge in [0, 0.05) is 32.7 Å². The monoisotopic (exact) mass is 329 g/mol. The summed E-state index contributed by atoms with van der Waals surface area (Å²) in [7, 11) is -3.23. The van der Waals surface area contributed by atoms with Crippen molar-refractivity contribution >= 4 is 16.1 Å². The molecule has 0 atom stereocenters. The Morgan fingerprint density at radius 1 is 1.27 bits per heavy atom. The summed E-state index contributed by atoms with van der Waals surface area (Å²) < 4.78 is 37.5. The maximum absolute atomic E-state index is 13.1. The number of rotatable bonds is 3. The van der Waals surface area contributed by atoms with Gasteiger partial charge in [-0.3, -0.25) is 0 Å². The van der Waals surface area contributed by atoms with E-state index in [4.69, 9.17) is 0 Å². The molecule has 0 spiro atoms. The van der Waals surface area contributed by atoms with Crippen LogP contribution in [0.4, 0.5) is 9.18 Å². The van der Waals surface area contributed by atoms with Gasteiger partial charge in [-0.05, 0) is 24.1 Å². The van der Waals surface area contributed by atoms with Gasteiger partial charge in [0.25, 0.3) is 0 Å². The first-order valence-electron chi connectivity index (χ1n) is 7.08. The van der Waals surface area contributed by atoms with Gasteiger partial charge in [-0.1, -0.05) is 12.1 Å². The fraction of sp³-hybridized carbons (Fsp3) is 0.500. The predicted molar refractivity (Wildman–Crippen MR) is 81.2 cm³/mol. The van der Waals surface area contributed by atoms with Crippen molar-refractivity contribution in [3.05, 3.63) is 35.6 Å². The zero-order chi connectivity index (χ0) is 16.2. The summed E-state index contributed by atoms with van der Waals surface area (Å²) in [6.45, 7) is 1.81. The number of nitrogens with zero attached hydrogens (tertiary/aromatic N) is 2. The van der Waals surface area contributed by atoms with E-state index in [2.05, 4.69) is 5.32 Å². The molecular formula is C14H20FN3O3S. The molecule has 6 nitrogen and oxygen atoms in total. The van der Waals surface area contributed by atoms with Crippen molar-refractivity contribution in [3.8, 4) is 0 Å². The van der Waals surface area contributed by atoms with E-state index in [1.54, 1.807) is 17.0 Å². The third-order valence-corrected chi connectivity index (χ3v) is 4.85. The lowest BCUT2D eigenvalue weighted by Gasteiger charge is -2.21. The molecule has 1 aliphatic rings. The quantitative estimate of drug-likeness (QED) is 0.899. The number of carbonyl (C=O) groups is 1. The third kappa shape index (κ3) is 4.67.